The summed E-state index contributed by atoms with van der Waals surface area (Å²) < 4.78 is 9.54. The molecule has 0 spiro atoms. The SMILES string of the molecule is CN(C)c1ccc(/C=C/c2n(C)c3cc(Cl)ccc3[n+]2CCSSCC[n+]2c(CCc3ccc(N(C)C)c4ccccc34)n(C)c3cc(Cl)ccc32)c2ccccc12. The Kier molecular flexibility index (Phi) is 12.0. The van der Waals surface area contributed by atoms with E-state index in [0.29, 0.717) is 0 Å². The van der Waals surface area contributed by atoms with Gasteiger partial charge in [0.05, 0.1) is 20.5 Å². The van der Waals surface area contributed by atoms with Crippen molar-refractivity contribution in [3.8, 4) is 0 Å². The van der Waals surface area contributed by atoms with Crippen LogP contribution in [0.2, 0.25) is 10.0 Å². The summed E-state index contributed by atoms with van der Waals surface area (Å²) in [4.78, 5) is 4.38. The van der Waals surface area contributed by atoms with Crippen molar-refractivity contribution in [2.75, 3.05) is 49.5 Å². The third-order valence-electron chi connectivity index (χ3n) is 11.3. The molecule has 0 aliphatic rings. The summed E-state index contributed by atoms with van der Waals surface area (Å²) in [7, 11) is 16.6. The van der Waals surface area contributed by atoms with E-state index in [2.05, 4.69) is 180 Å². The standard InChI is InChI=1S/C48H50Cl2N6S2/c1-51(2)41-21-15-33(37-11-7-9-13-39(37)41)17-25-47-53(5)45-31-35(49)19-23-43(45)55(47)27-29-57-58-30-28-56-44-24-20-36(50)32-46(44)54(6)48(56)26-18-34-16-22-42(52(3)4)40-14-10-8-12-38(34)40/h7-17,19-25,31-32H,18,26-30H2,1-6H3/q+2. The molecule has 0 bridgehead atoms. The van der Waals surface area contributed by atoms with Crippen molar-refractivity contribution in [3.05, 3.63) is 142 Å². The first-order chi connectivity index (χ1) is 28.1. The highest BCUT2D eigenvalue weighted by Gasteiger charge is 2.24. The molecule has 0 aliphatic carbocycles. The smallest absolute Gasteiger partial charge is 0.282 e. The van der Waals surface area contributed by atoms with E-state index in [1.54, 1.807) is 0 Å². The van der Waals surface area contributed by atoms with Gasteiger partial charge in [-0.1, -0.05) is 105 Å². The lowest BCUT2D eigenvalue weighted by atomic mass is 9.99. The molecule has 0 radical (unpaired) electrons. The third-order valence-corrected chi connectivity index (χ3v) is 14.1. The van der Waals surface area contributed by atoms with Gasteiger partial charge in [-0.15, -0.1) is 0 Å². The summed E-state index contributed by atoms with van der Waals surface area (Å²) in [6.45, 7) is 1.79. The molecule has 0 saturated carbocycles. The molecule has 0 aliphatic heterocycles. The number of benzene rings is 6. The molecule has 8 rings (SSSR count). The molecule has 0 N–H and O–H groups in total. The minimum absolute atomic E-state index is 0.745. The predicted octanol–water partition coefficient (Wildman–Crippen LogP) is 11.0. The predicted molar refractivity (Wildman–Crippen MR) is 254 cm³/mol. The van der Waals surface area contributed by atoms with Gasteiger partial charge in [0.1, 0.15) is 13.1 Å². The number of imidazole rings is 2. The van der Waals surface area contributed by atoms with Gasteiger partial charge in [0.15, 0.2) is 22.1 Å². The Hall–Kier alpha value is -4.60. The van der Waals surface area contributed by atoms with Crippen LogP contribution >= 0.6 is 44.8 Å². The summed E-state index contributed by atoms with van der Waals surface area (Å²) in [6, 6.07) is 39.0. The Morgan fingerprint density at radius 1 is 0.569 bits per heavy atom. The van der Waals surface area contributed by atoms with Gasteiger partial charge in [-0.3, -0.25) is 0 Å². The van der Waals surface area contributed by atoms with Gasteiger partial charge in [-0.2, -0.15) is 0 Å². The van der Waals surface area contributed by atoms with Crippen LogP contribution in [0.3, 0.4) is 0 Å². The summed E-state index contributed by atoms with van der Waals surface area (Å²) in [5.74, 6) is 4.41. The maximum absolute atomic E-state index is 6.54. The molecule has 0 atom stereocenters. The second-order valence-corrected chi connectivity index (χ2v) is 18.8. The minimum Gasteiger partial charge on any atom is -0.377 e. The second-order valence-electron chi connectivity index (χ2n) is 15.2. The summed E-state index contributed by atoms with van der Waals surface area (Å²) in [6.07, 6.45) is 6.39. The van der Waals surface area contributed by atoms with Crippen molar-refractivity contribution in [2.24, 2.45) is 14.1 Å². The van der Waals surface area contributed by atoms with Crippen LogP contribution in [0.15, 0.2) is 109 Å². The highest BCUT2D eigenvalue weighted by molar-refractivity contribution is 8.76. The molecule has 2 heterocycles. The van der Waals surface area contributed by atoms with Crippen LogP contribution in [-0.4, -0.2) is 48.8 Å². The van der Waals surface area contributed by atoms with Crippen molar-refractivity contribution in [2.45, 2.75) is 25.9 Å². The highest BCUT2D eigenvalue weighted by Crippen LogP contribution is 2.32. The molecule has 296 valence electrons. The maximum Gasteiger partial charge on any atom is 0.282 e. The van der Waals surface area contributed by atoms with Crippen LogP contribution in [0, 0.1) is 0 Å². The van der Waals surface area contributed by atoms with Gasteiger partial charge in [-0.25, -0.2) is 18.3 Å². The number of nitrogens with zero attached hydrogens (tertiary/aromatic N) is 6. The lowest BCUT2D eigenvalue weighted by molar-refractivity contribution is -0.675. The monoisotopic (exact) mass is 844 g/mol. The molecule has 0 fully saturated rings. The fourth-order valence-electron chi connectivity index (χ4n) is 8.44. The van der Waals surface area contributed by atoms with E-state index in [1.165, 1.54) is 66.4 Å². The summed E-state index contributed by atoms with van der Waals surface area (Å²) in [5.41, 5.74) is 9.74. The zero-order valence-electron chi connectivity index (χ0n) is 34.0. The van der Waals surface area contributed by atoms with E-state index in [1.807, 2.05) is 33.7 Å². The van der Waals surface area contributed by atoms with E-state index in [0.717, 1.165) is 58.8 Å². The number of anilines is 2. The van der Waals surface area contributed by atoms with Gasteiger partial charge < -0.3 is 9.80 Å². The van der Waals surface area contributed by atoms with E-state index >= 15 is 0 Å². The number of rotatable bonds is 14. The number of hydrogen-bond donors (Lipinski definition) is 0. The molecule has 6 nitrogen and oxygen atoms in total. The molecule has 0 amide bonds. The third kappa shape index (κ3) is 7.92. The highest BCUT2D eigenvalue weighted by atomic mass is 35.5. The van der Waals surface area contributed by atoms with E-state index in [4.69, 9.17) is 23.2 Å². The van der Waals surface area contributed by atoms with E-state index < -0.39 is 0 Å². The molecule has 58 heavy (non-hydrogen) atoms. The van der Waals surface area contributed by atoms with Gasteiger partial charge in [-0.05, 0) is 70.8 Å². The Morgan fingerprint density at radius 3 is 1.74 bits per heavy atom. The number of halogens is 2. The molecular formula is C48H50Cl2N6S2+2. The average molecular weight is 846 g/mol. The first-order valence-corrected chi connectivity index (χ1v) is 23.0. The van der Waals surface area contributed by atoms with Crippen molar-refractivity contribution in [1.29, 1.82) is 0 Å². The first kappa shape index (κ1) is 40.2. The van der Waals surface area contributed by atoms with E-state index in [-0.39, 0.29) is 0 Å². The zero-order chi connectivity index (χ0) is 40.5. The molecule has 0 saturated heterocycles. The molecule has 8 aromatic rings. The summed E-state index contributed by atoms with van der Waals surface area (Å²) in [5, 5.41) is 6.63. The van der Waals surface area contributed by atoms with Gasteiger partial charge >= 0.3 is 0 Å². The molecule has 0 unspecified atom stereocenters. The number of aryl methyl sites for hydroxylation is 5. The maximum atomic E-state index is 6.54. The zero-order valence-corrected chi connectivity index (χ0v) is 37.2. The van der Waals surface area contributed by atoms with Gasteiger partial charge in [0.2, 0.25) is 0 Å². The first-order valence-electron chi connectivity index (χ1n) is 19.7. The van der Waals surface area contributed by atoms with Crippen LogP contribution in [-0.2, 0) is 40.0 Å². The van der Waals surface area contributed by atoms with Crippen molar-refractivity contribution < 1.29 is 9.13 Å². The molecule has 10 heteroatoms. The quantitative estimate of drug-likeness (QED) is 0.0618. The van der Waals surface area contributed by atoms with Crippen molar-refractivity contribution in [3.63, 3.8) is 0 Å². The van der Waals surface area contributed by atoms with E-state index in [9.17, 15) is 0 Å². The normalized spacial score (nSPS) is 11.9. The Bertz CT molecular complexity index is 2820. The Morgan fingerprint density at radius 2 is 1.10 bits per heavy atom. The van der Waals surface area contributed by atoms with Crippen molar-refractivity contribution in [1.82, 2.24) is 9.13 Å². The van der Waals surface area contributed by atoms with Gasteiger partial charge in [0.25, 0.3) is 11.6 Å². The molecule has 6 aromatic carbocycles. The fraction of sp³-hybridized carbons (Fsp3) is 0.250. The van der Waals surface area contributed by atoms with Crippen LogP contribution in [0.1, 0.15) is 22.8 Å². The fourth-order valence-corrected chi connectivity index (χ4v) is 10.7. The topological polar surface area (TPSA) is 24.1 Å². The lowest BCUT2D eigenvalue weighted by Crippen LogP contribution is -2.39. The Labute approximate surface area is 359 Å². The number of hydrogen-bond acceptors (Lipinski definition) is 4. The van der Waals surface area contributed by atoms with Gasteiger partial charge in [0, 0.05) is 90.1 Å². The largest absolute Gasteiger partial charge is 0.377 e. The molecular weight excluding hydrogens is 796 g/mol. The minimum atomic E-state index is 0.745. The summed E-state index contributed by atoms with van der Waals surface area (Å²) >= 11 is 13.1. The van der Waals surface area contributed by atoms with Crippen LogP contribution in [0.25, 0.3) is 55.8 Å². The second kappa shape index (κ2) is 17.3. The molecule has 2 aromatic heterocycles. The van der Waals surface area contributed by atoms with Crippen LogP contribution in [0.5, 0.6) is 0 Å². The number of fused-ring (bicyclic) bond motifs is 4. The number of aromatic nitrogens is 4. The lowest BCUT2D eigenvalue weighted by Gasteiger charge is -2.17. The van der Waals surface area contributed by atoms with Crippen LogP contribution in [0.4, 0.5) is 11.4 Å². The Balaban J connectivity index is 0.989. The van der Waals surface area contributed by atoms with Crippen LogP contribution < -0.4 is 18.9 Å². The average Bonchev–Trinajstić information content (AvgIpc) is 3.63. The van der Waals surface area contributed by atoms with Crippen molar-refractivity contribution >= 4 is 112 Å².